The average molecular weight is 1480 g/mol. The van der Waals surface area contributed by atoms with E-state index in [0.717, 1.165) is 27.6 Å². The number of hydrogen-bond acceptors (Lipinski definition) is 19. The highest BCUT2D eigenvalue weighted by molar-refractivity contribution is 6.13. The molecule has 0 bridgehead atoms. The van der Waals surface area contributed by atoms with Crippen LogP contribution in [0.4, 0.5) is 15.3 Å². The number of benzene rings is 2. The Kier molecular flexibility index (Phi) is 37.5. The zero-order chi connectivity index (χ0) is 78.2. The van der Waals surface area contributed by atoms with Gasteiger partial charge in [0.15, 0.2) is 0 Å². The number of aliphatic carboxylic acids is 1. The van der Waals surface area contributed by atoms with Gasteiger partial charge in [-0.2, -0.15) is 0 Å². The molecule has 1 fully saturated rings. The van der Waals surface area contributed by atoms with Gasteiger partial charge in [0.2, 0.25) is 47.3 Å². The molecule has 1 saturated heterocycles. The lowest BCUT2D eigenvalue weighted by molar-refractivity contribution is -0.149. The fraction of sp³-hybridized carbons (Fsp3) is 0.630. The number of carboxylic acid groups (broad SMARTS) is 1. The summed E-state index contributed by atoms with van der Waals surface area (Å²) in [6, 6.07) is 7.90. The van der Waals surface area contributed by atoms with Gasteiger partial charge >= 0.3 is 18.1 Å². The van der Waals surface area contributed by atoms with Crippen molar-refractivity contribution in [1.82, 2.24) is 56.6 Å². The molecule has 2 aromatic carbocycles. The van der Waals surface area contributed by atoms with Crippen LogP contribution in [0.3, 0.4) is 0 Å². The molecule has 0 aromatic heterocycles. The molecular formula is C73H113N13O19. The fourth-order valence-corrected chi connectivity index (χ4v) is 12.5. The summed E-state index contributed by atoms with van der Waals surface area (Å²) in [7, 11) is 7.54. The van der Waals surface area contributed by atoms with Crippen molar-refractivity contribution in [3.05, 3.63) is 77.9 Å². The average Bonchev–Trinajstić information content (AvgIpc) is 1.80. The lowest BCUT2D eigenvalue weighted by Gasteiger charge is -2.41. The second kappa shape index (κ2) is 44.6. The number of amides is 13. The number of rotatable bonds is 46. The number of hydrazine groups is 1. The number of nitrogens with one attached hydrogen (secondary N) is 7. The Balaban J connectivity index is 1.32. The van der Waals surface area contributed by atoms with Crippen molar-refractivity contribution in [2.45, 2.75) is 181 Å². The van der Waals surface area contributed by atoms with Crippen LogP contribution in [-0.4, -0.2) is 249 Å². The zero-order valence-electron chi connectivity index (χ0n) is 63.3. The summed E-state index contributed by atoms with van der Waals surface area (Å²) in [6.07, 6.45) is 1.69. The van der Waals surface area contributed by atoms with Gasteiger partial charge in [0.1, 0.15) is 36.8 Å². The van der Waals surface area contributed by atoms with E-state index < -0.39 is 144 Å². The predicted molar refractivity (Wildman–Crippen MR) is 387 cm³/mol. The molecule has 0 radical (unpaired) electrons. The standard InChI is InChI=1S/C73H113N13O19/c1-15-47(8)64(55(101-13)42-60(91)85-35-20-24-54(85)65(102-14)48(9)66(92)79-53(71(97)98)41-49-21-17-16-18-22-49)82(10)70(96)62(45(4)5)81-69(95)63(46(6)7)83(11)84(12)73(100)105-43-50-25-27-51(28-26-50)77-67(93)52(23-19-33-76-72(74)99)78-68(94)61(44(2)3)80-57(88)32-37-103-39-40-104-38-34-75-56(87)31-36-86-58(89)29-30-59(86)90/h16-18,21-22,25-30,44-48,52-55,61-65H,15,19-20,23-24,31-43H2,1-14H3,(H,75,87)(H,77,93)(H,78,94)(H,79,92)(H,80,88)(H,81,95)(H,97,98)(H3,74,76,99). The molecule has 11 unspecified atom stereocenters. The van der Waals surface area contributed by atoms with Gasteiger partial charge in [0, 0.05) is 98.6 Å². The molecule has 0 spiro atoms. The molecule has 105 heavy (non-hydrogen) atoms. The number of likely N-dealkylation sites (N-methyl/N-ethyl adjacent to an activating group) is 2. The second-order valence-electron chi connectivity index (χ2n) is 27.5. The quantitative estimate of drug-likeness (QED) is 0.0261. The number of ether oxygens (including phenoxy) is 5. The van der Waals surface area contributed by atoms with Crippen molar-refractivity contribution >= 4 is 82.9 Å². The maximum absolute atomic E-state index is 14.9. The Morgan fingerprint density at radius 3 is 1.88 bits per heavy atom. The highest BCUT2D eigenvalue weighted by Crippen LogP contribution is 2.30. The summed E-state index contributed by atoms with van der Waals surface area (Å²) in [5.41, 5.74) is 6.83. The van der Waals surface area contributed by atoms with Crippen LogP contribution in [0.15, 0.2) is 66.7 Å². The SMILES string of the molecule is CCC(C)C(C(CC(=O)N1CCCC1C(OC)C(C)C(=O)NC(Cc1ccccc1)C(=O)O)OC)N(C)C(=O)C(NC(=O)C(C(C)C)N(C)N(C)C(=O)OCc1ccc(NC(=O)C(CCCNC(N)=O)NC(=O)C(NC(=O)CCOCCOCCNC(=O)CCN2C(=O)C=CC2=O)C(C)C)cc1)C(C)C. The van der Waals surface area contributed by atoms with Crippen LogP contribution in [0.2, 0.25) is 0 Å². The third-order valence-electron chi connectivity index (χ3n) is 18.8. The highest BCUT2D eigenvalue weighted by Gasteiger charge is 2.44. The van der Waals surface area contributed by atoms with Crippen molar-refractivity contribution in [2.75, 3.05) is 93.3 Å². The number of primary amides is 1. The number of carbonyl (C=O) groups is 13. The summed E-state index contributed by atoms with van der Waals surface area (Å²) in [5, 5.41) is 31.6. The highest BCUT2D eigenvalue weighted by atomic mass is 16.6. The number of imide groups is 1. The number of nitrogens with two attached hydrogens (primary N) is 1. The second-order valence-corrected chi connectivity index (χ2v) is 27.5. The summed E-state index contributed by atoms with van der Waals surface area (Å²) in [4.78, 5) is 175. The van der Waals surface area contributed by atoms with E-state index in [-0.39, 0.29) is 109 Å². The number of methoxy groups -OCH3 is 2. The van der Waals surface area contributed by atoms with Gasteiger partial charge in [0.05, 0.1) is 63.1 Å². The maximum Gasteiger partial charge on any atom is 0.424 e. The van der Waals surface area contributed by atoms with Gasteiger partial charge in [-0.25, -0.2) is 24.4 Å². The van der Waals surface area contributed by atoms with Crippen molar-refractivity contribution in [1.29, 1.82) is 0 Å². The molecular weight excluding hydrogens is 1360 g/mol. The first-order chi connectivity index (χ1) is 49.8. The number of carboxylic acids is 1. The van der Waals surface area contributed by atoms with Crippen molar-refractivity contribution in [3.8, 4) is 0 Å². The summed E-state index contributed by atoms with van der Waals surface area (Å²) in [5.74, 6) is -8.32. The van der Waals surface area contributed by atoms with Gasteiger partial charge in [-0.3, -0.25) is 52.8 Å². The van der Waals surface area contributed by atoms with E-state index in [1.165, 1.54) is 31.2 Å². The first kappa shape index (κ1) is 88.3. The molecule has 32 heteroatoms. The molecule has 0 saturated carbocycles. The largest absolute Gasteiger partial charge is 0.480 e. The molecule has 32 nitrogen and oxygen atoms in total. The Hall–Kier alpha value is -9.11. The van der Waals surface area contributed by atoms with Gasteiger partial charge in [-0.15, -0.1) is 0 Å². The minimum atomic E-state index is -1.20. The molecule has 10 N–H and O–H groups in total. The lowest BCUT2D eigenvalue weighted by Crippen LogP contribution is -2.61. The predicted octanol–water partition coefficient (Wildman–Crippen LogP) is 2.87. The Bertz CT molecular complexity index is 3230. The third kappa shape index (κ3) is 28.0. The fourth-order valence-electron chi connectivity index (χ4n) is 12.5. The zero-order valence-corrected chi connectivity index (χ0v) is 63.3. The number of carbonyl (C=O) groups excluding carboxylic acids is 12. The number of urea groups is 1. The van der Waals surface area contributed by atoms with Crippen molar-refractivity contribution in [3.63, 3.8) is 0 Å². The van der Waals surface area contributed by atoms with E-state index >= 15 is 0 Å². The van der Waals surface area contributed by atoms with E-state index in [9.17, 15) is 67.4 Å². The summed E-state index contributed by atoms with van der Waals surface area (Å²) < 4.78 is 28.7. The van der Waals surface area contributed by atoms with E-state index in [0.29, 0.717) is 37.1 Å². The number of anilines is 1. The van der Waals surface area contributed by atoms with Gasteiger partial charge in [-0.05, 0) is 72.6 Å². The molecule has 4 rings (SSSR count). The molecule has 2 aromatic rings. The molecule has 2 aliphatic rings. The van der Waals surface area contributed by atoms with Gasteiger partial charge < -0.3 is 81.5 Å². The van der Waals surface area contributed by atoms with E-state index in [1.807, 2.05) is 19.9 Å². The topological polar surface area (TPSA) is 415 Å². The summed E-state index contributed by atoms with van der Waals surface area (Å²) in [6.45, 7) is 17.0. The van der Waals surface area contributed by atoms with Crippen molar-refractivity contribution in [2.24, 2.45) is 35.3 Å². The van der Waals surface area contributed by atoms with Crippen LogP contribution >= 0.6 is 0 Å². The van der Waals surface area contributed by atoms with E-state index in [1.54, 1.807) is 116 Å². The van der Waals surface area contributed by atoms with Crippen LogP contribution in [0.1, 0.15) is 125 Å². The van der Waals surface area contributed by atoms with Crippen LogP contribution < -0.4 is 43.0 Å². The van der Waals surface area contributed by atoms with Gasteiger partial charge in [-0.1, -0.05) is 111 Å². The maximum atomic E-state index is 14.9. The number of nitrogens with zero attached hydrogens (tertiary/aromatic N) is 5. The normalized spacial score (nSPS) is 16.5. The summed E-state index contributed by atoms with van der Waals surface area (Å²) >= 11 is 0. The molecule has 11 atom stereocenters. The number of likely N-dealkylation sites (tertiary alicyclic amines) is 1. The molecule has 0 aliphatic carbocycles. The number of hydrogen-bond donors (Lipinski definition) is 9. The minimum absolute atomic E-state index is 0.00325. The van der Waals surface area contributed by atoms with Crippen LogP contribution in [-0.2, 0) is 89.5 Å². The van der Waals surface area contributed by atoms with E-state index in [2.05, 4.69) is 37.2 Å². The van der Waals surface area contributed by atoms with Crippen LogP contribution in [0.25, 0.3) is 0 Å². The third-order valence-corrected chi connectivity index (χ3v) is 18.8. The Morgan fingerprint density at radius 1 is 0.667 bits per heavy atom. The Labute approximate surface area is 615 Å². The minimum Gasteiger partial charge on any atom is -0.480 e. The smallest absolute Gasteiger partial charge is 0.424 e. The van der Waals surface area contributed by atoms with Crippen molar-refractivity contribution < 1.29 is 91.1 Å². The van der Waals surface area contributed by atoms with Gasteiger partial charge in [0.25, 0.3) is 11.8 Å². The molecule has 2 aliphatic heterocycles. The lowest BCUT2D eigenvalue weighted by atomic mass is 9.89. The molecule has 584 valence electrons. The molecule has 13 amide bonds. The monoisotopic (exact) mass is 1480 g/mol. The van der Waals surface area contributed by atoms with E-state index in [4.69, 9.17) is 29.4 Å². The van der Waals surface area contributed by atoms with Crippen LogP contribution in [0, 0.1) is 29.6 Å². The van der Waals surface area contributed by atoms with Crippen LogP contribution in [0.5, 0.6) is 0 Å². The first-order valence-corrected chi connectivity index (χ1v) is 35.9. The first-order valence-electron chi connectivity index (χ1n) is 35.9. The Morgan fingerprint density at radius 2 is 1.30 bits per heavy atom. The molecule has 2 heterocycles.